The molecule has 0 amide bonds. The van der Waals surface area contributed by atoms with Gasteiger partial charge in [0.1, 0.15) is 10.8 Å². The molecule has 4 aromatic rings. The van der Waals surface area contributed by atoms with Crippen molar-refractivity contribution in [2.45, 2.75) is 0 Å². The number of phenols is 1. The second-order valence-corrected chi connectivity index (χ2v) is 7.83. The Hall–Kier alpha value is -2.76. The minimum atomic E-state index is 0.180. The van der Waals surface area contributed by atoms with Crippen LogP contribution in [0.5, 0.6) is 5.75 Å². The molecule has 0 aliphatic rings. The number of aliphatic imine (C=N–C) groups is 1. The van der Waals surface area contributed by atoms with Crippen molar-refractivity contribution in [1.29, 1.82) is 0 Å². The van der Waals surface area contributed by atoms with Gasteiger partial charge in [0.05, 0.1) is 21.5 Å². The average molecular weight is 435 g/mol. The molecule has 0 radical (unpaired) electrons. The van der Waals surface area contributed by atoms with Crippen molar-refractivity contribution in [3.63, 3.8) is 0 Å². The van der Waals surface area contributed by atoms with E-state index in [-0.39, 0.29) is 5.75 Å². The number of allylic oxidation sites excluding steroid dienone is 1. The molecule has 1 aromatic heterocycles. The molecule has 0 atom stereocenters. The van der Waals surface area contributed by atoms with Crippen LogP contribution in [-0.4, -0.2) is 16.3 Å². The zero-order chi connectivity index (χ0) is 18.6. The van der Waals surface area contributed by atoms with Gasteiger partial charge in [-0.05, 0) is 48.0 Å². The highest BCUT2D eigenvalue weighted by Crippen LogP contribution is 2.36. The average Bonchev–Trinajstić information content (AvgIpc) is 3.09. The van der Waals surface area contributed by atoms with E-state index >= 15 is 0 Å². The van der Waals surface area contributed by atoms with Crippen LogP contribution < -0.4 is 0 Å². The molecule has 0 aliphatic heterocycles. The Morgan fingerprint density at radius 3 is 2.70 bits per heavy atom. The molecule has 0 saturated heterocycles. The predicted molar refractivity (Wildman–Crippen MR) is 118 cm³/mol. The summed E-state index contributed by atoms with van der Waals surface area (Å²) >= 11 is 5.02. The van der Waals surface area contributed by atoms with Crippen LogP contribution in [0, 0.1) is 0 Å². The second-order valence-electron chi connectivity index (χ2n) is 5.88. The lowest BCUT2D eigenvalue weighted by Gasteiger charge is -2.01. The summed E-state index contributed by atoms with van der Waals surface area (Å²) in [7, 11) is 0. The van der Waals surface area contributed by atoms with Crippen molar-refractivity contribution in [3.05, 3.63) is 82.8 Å². The molecule has 5 heteroatoms. The summed E-state index contributed by atoms with van der Waals surface area (Å²) in [5.74, 6) is 0.180. The molecular formula is C22H15BrN2OS. The minimum Gasteiger partial charge on any atom is -0.507 e. The van der Waals surface area contributed by atoms with Crippen LogP contribution in [0.1, 0.15) is 5.56 Å². The van der Waals surface area contributed by atoms with Gasteiger partial charge in [0.15, 0.2) is 0 Å². The number of aromatic hydroxyl groups is 1. The highest BCUT2D eigenvalue weighted by Gasteiger charge is 2.10. The zero-order valence-electron chi connectivity index (χ0n) is 14.2. The van der Waals surface area contributed by atoms with Crippen molar-refractivity contribution >= 4 is 55.5 Å². The third-order valence-electron chi connectivity index (χ3n) is 3.95. The van der Waals surface area contributed by atoms with Crippen molar-refractivity contribution in [3.8, 4) is 16.3 Å². The fourth-order valence-electron chi connectivity index (χ4n) is 2.66. The number of thiazole rings is 1. The quantitative estimate of drug-likeness (QED) is 0.357. The molecular weight excluding hydrogens is 420 g/mol. The summed E-state index contributed by atoms with van der Waals surface area (Å²) < 4.78 is 2.14. The van der Waals surface area contributed by atoms with E-state index in [2.05, 4.69) is 25.9 Å². The number of hydrogen-bond acceptors (Lipinski definition) is 4. The summed E-state index contributed by atoms with van der Waals surface area (Å²) in [6.07, 6.45) is 5.57. The van der Waals surface area contributed by atoms with Crippen LogP contribution in [0.4, 0.5) is 5.69 Å². The van der Waals surface area contributed by atoms with Crippen molar-refractivity contribution in [2.75, 3.05) is 0 Å². The Morgan fingerprint density at radius 2 is 1.89 bits per heavy atom. The number of fused-ring (bicyclic) bond motifs is 1. The summed E-state index contributed by atoms with van der Waals surface area (Å²) in [4.78, 5) is 8.98. The van der Waals surface area contributed by atoms with Gasteiger partial charge in [0, 0.05) is 16.8 Å². The number of phenolic OH excluding ortho intramolecular Hbond substituents is 1. The van der Waals surface area contributed by atoms with Gasteiger partial charge in [-0.15, -0.1) is 11.3 Å². The Kier molecular flexibility index (Phi) is 5.14. The monoisotopic (exact) mass is 434 g/mol. The van der Waals surface area contributed by atoms with Gasteiger partial charge in [-0.1, -0.05) is 46.3 Å². The molecule has 27 heavy (non-hydrogen) atoms. The highest BCUT2D eigenvalue weighted by molar-refractivity contribution is 9.10. The minimum absolute atomic E-state index is 0.180. The number of hydrogen-bond donors (Lipinski definition) is 1. The van der Waals surface area contributed by atoms with Crippen LogP contribution in [0.15, 0.2) is 82.3 Å². The summed E-state index contributed by atoms with van der Waals surface area (Å²) in [6, 6.07) is 21.4. The van der Waals surface area contributed by atoms with E-state index in [1.165, 1.54) is 0 Å². The number of rotatable bonds is 4. The Morgan fingerprint density at radius 1 is 1.00 bits per heavy atom. The molecule has 0 saturated carbocycles. The highest BCUT2D eigenvalue weighted by atomic mass is 79.9. The topological polar surface area (TPSA) is 45.5 Å². The van der Waals surface area contributed by atoms with Crippen LogP contribution in [0.3, 0.4) is 0 Å². The Bertz CT molecular complexity index is 1130. The number of para-hydroxylation sites is 1. The third-order valence-corrected chi connectivity index (χ3v) is 5.52. The molecule has 132 valence electrons. The first-order valence-corrected chi connectivity index (χ1v) is 9.95. The fraction of sp³-hybridized carbons (Fsp3) is 0. The second kappa shape index (κ2) is 7.86. The standard InChI is InChI=1S/C22H15BrN2OS/c23-16-7-3-5-15(13-16)6-4-12-24-17-10-11-18(20(26)14-17)22-25-19-8-1-2-9-21(19)27-22/h1-14,26H/b6-4+,24-12?. The van der Waals surface area contributed by atoms with Crippen LogP contribution >= 0.6 is 27.3 Å². The van der Waals surface area contributed by atoms with E-state index in [0.717, 1.165) is 30.8 Å². The van der Waals surface area contributed by atoms with E-state index in [4.69, 9.17) is 0 Å². The van der Waals surface area contributed by atoms with Crippen molar-refractivity contribution in [2.24, 2.45) is 4.99 Å². The summed E-state index contributed by atoms with van der Waals surface area (Å²) in [6.45, 7) is 0. The lowest BCUT2D eigenvalue weighted by atomic mass is 10.2. The van der Waals surface area contributed by atoms with Crippen LogP contribution in [0.25, 0.3) is 26.9 Å². The molecule has 0 spiro atoms. The normalized spacial score (nSPS) is 11.7. The van der Waals surface area contributed by atoms with Crippen molar-refractivity contribution in [1.82, 2.24) is 4.98 Å². The maximum atomic E-state index is 10.4. The first kappa shape index (κ1) is 17.6. The van der Waals surface area contributed by atoms with Gasteiger partial charge in [-0.2, -0.15) is 0 Å². The molecule has 0 fully saturated rings. The maximum absolute atomic E-state index is 10.4. The summed E-state index contributed by atoms with van der Waals surface area (Å²) in [5.41, 5.74) is 3.44. The van der Waals surface area contributed by atoms with Gasteiger partial charge in [0.25, 0.3) is 0 Å². The van der Waals surface area contributed by atoms with Gasteiger partial charge in [-0.3, -0.25) is 4.99 Å². The molecule has 0 aliphatic carbocycles. The molecule has 3 aromatic carbocycles. The molecule has 0 unspecified atom stereocenters. The molecule has 1 heterocycles. The first-order chi connectivity index (χ1) is 13.2. The lowest BCUT2D eigenvalue weighted by molar-refractivity contribution is 0.477. The zero-order valence-corrected chi connectivity index (χ0v) is 16.6. The van der Waals surface area contributed by atoms with E-state index in [1.54, 1.807) is 23.6 Å². The maximum Gasteiger partial charge on any atom is 0.128 e. The van der Waals surface area contributed by atoms with E-state index in [0.29, 0.717) is 5.69 Å². The van der Waals surface area contributed by atoms with Crippen molar-refractivity contribution < 1.29 is 5.11 Å². The predicted octanol–water partition coefficient (Wildman–Crippen LogP) is 6.85. The van der Waals surface area contributed by atoms with Gasteiger partial charge in [-0.25, -0.2) is 4.98 Å². The number of benzene rings is 3. The fourth-order valence-corrected chi connectivity index (χ4v) is 4.08. The molecule has 0 bridgehead atoms. The van der Waals surface area contributed by atoms with E-state index < -0.39 is 0 Å². The van der Waals surface area contributed by atoms with E-state index in [9.17, 15) is 5.11 Å². The molecule has 1 N–H and O–H groups in total. The van der Waals surface area contributed by atoms with Gasteiger partial charge < -0.3 is 5.11 Å². The lowest BCUT2D eigenvalue weighted by Crippen LogP contribution is -1.78. The first-order valence-electron chi connectivity index (χ1n) is 8.34. The van der Waals surface area contributed by atoms with E-state index in [1.807, 2.05) is 72.8 Å². The third kappa shape index (κ3) is 4.15. The van der Waals surface area contributed by atoms with Crippen LogP contribution in [-0.2, 0) is 0 Å². The molecule has 4 rings (SSSR count). The number of nitrogens with zero attached hydrogens (tertiary/aromatic N) is 2. The molecule has 3 nitrogen and oxygen atoms in total. The number of halogens is 1. The number of aromatic nitrogens is 1. The smallest absolute Gasteiger partial charge is 0.128 e. The Balaban J connectivity index is 1.53. The van der Waals surface area contributed by atoms with Crippen LogP contribution in [0.2, 0.25) is 0 Å². The SMILES string of the molecule is Oc1cc(N=C/C=C/c2cccc(Br)c2)ccc1-c1nc2ccccc2s1. The summed E-state index contributed by atoms with van der Waals surface area (Å²) in [5, 5.41) is 11.2. The Labute approximate surface area is 169 Å². The van der Waals surface area contributed by atoms with Gasteiger partial charge >= 0.3 is 0 Å². The largest absolute Gasteiger partial charge is 0.507 e. The van der Waals surface area contributed by atoms with Gasteiger partial charge in [0.2, 0.25) is 0 Å².